The zero-order valence-corrected chi connectivity index (χ0v) is 13.4. The fourth-order valence-corrected chi connectivity index (χ4v) is 8.02. The maximum Gasteiger partial charge on any atom is 0.0444 e. The Morgan fingerprint density at radius 1 is 0.952 bits per heavy atom. The van der Waals surface area contributed by atoms with Crippen LogP contribution in [0.2, 0.25) is 0 Å². The molecule has 21 heavy (non-hydrogen) atoms. The molecular formula is C19H20NP. The van der Waals surface area contributed by atoms with Crippen LogP contribution in [0, 0.1) is 0 Å². The van der Waals surface area contributed by atoms with Gasteiger partial charge in [-0.15, -0.1) is 0 Å². The van der Waals surface area contributed by atoms with Crippen molar-refractivity contribution in [3.05, 3.63) is 71.6 Å². The zero-order chi connectivity index (χ0) is 14.4. The highest BCUT2D eigenvalue weighted by atomic mass is 31.1. The minimum Gasteiger partial charge on any atom is -0.261 e. The molecule has 0 radical (unpaired) electrons. The Hall–Kier alpha value is -1.46. The molecule has 106 valence electrons. The van der Waals surface area contributed by atoms with Gasteiger partial charge in [0, 0.05) is 29.1 Å². The van der Waals surface area contributed by atoms with E-state index in [0.717, 1.165) is 5.66 Å². The predicted molar refractivity (Wildman–Crippen MR) is 90.5 cm³/mol. The van der Waals surface area contributed by atoms with E-state index in [9.17, 15) is 0 Å². The molecule has 2 aliphatic heterocycles. The van der Waals surface area contributed by atoms with Crippen LogP contribution < -0.4 is 5.30 Å². The molecule has 1 nitrogen and oxygen atoms in total. The van der Waals surface area contributed by atoms with Crippen molar-refractivity contribution in [2.24, 2.45) is 0 Å². The molecule has 1 saturated heterocycles. The number of rotatable bonds is 2. The van der Waals surface area contributed by atoms with E-state index in [1.54, 1.807) is 16.5 Å². The number of allylic oxidation sites excluding steroid dienone is 2. The number of nitrogens with zero attached hydrogens (tertiary/aromatic N) is 1. The topological polar surface area (TPSA) is 12.9 Å². The van der Waals surface area contributed by atoms with Crippen molar-refractivity contribution in [2.45, 2.75) is 37.5 Å². The van der Waals surface area contributed by atoms with E-state index in [0.29, 0.717) is 11.6 Å². The second kappa shape index (κ2) is 5.07. The highest BCUT2D eigenvalue weighted by Crippen LogP contribution is 2.69. The lowest BCUT2D eigenvalue weighted by atomic mass is 9.83. The summed E-state index contributed by atoms with van der Waals surface area (Å²) in [6.07, 6.45) is 3.23. The van der Waals surface area contributed by atoms with Crippen molar-refractivity contribution in [1.82, 2.24) is 4.98 Å². The first-order chi connectivity index (χ1) is 10.3. The molecule has 2 heteroatoms. The summed E-state index contributed by atoms with van der Waals surface area (Å²) >= 11 is 0. The molecule has 2 bridgehead atoms. The van der Waals surface area contributed by atoms with Gasteiger partial charge in [-0.25, -0.2) is 0 Å². The second-order valence-electron chi connectivity index (χ2n) is 6.17. The van der Waals surface area contributed by atoms with Crippen LogP contribution in [0.25, 0.3) is 0 Å². The summed E-state index contributed by atoms with van der Waals surface area (Å²) in [6.45, 7) is 4.71. The van der Waals surface area contributed by atoms with Gasteiger partial charge in [0.1, 0.15) is 0 Å². The Morgan fingerprint density at radius 2 is 1.71 bits per heavy atom. The molecular weight excluding hydrogens is 273 g/mol. The van der Waals surface area contributed by atoms with E-state index in [2.05, 4.69) is 61.3 Å². The third-order valence-electron chi connectivity index (χ3n) is 5.18. The van der Waals surface area contributed by atoms with E-state index in [4.69, 9.17) is 0 Å². The first-order valence-corrected chi connectivity index (χ1v) is 9.17. The molecule has 2 aliphatic rings. The summed E-state index contributed by atoms with van der Waals surface area (Å²) in [5, 5.41) is 1.57. The van der Waals surface area contributed by atoms with Gasteiger partial charge < -0.3 is 0 Å². The van der Waals surface area contributed by atoms with Crippen molar-refractivity contribution in [3.8, 4) is 0 Å². The highest BCUT2D eigenvalue weighted by Gasteiger charge is 2.51. The van der Waals surface area contributed by atoms with E-state index in [1.165, 1.54) is 12.1 Å². The van der Waals surface area contributed by atoms with Crippen LogP contribution >= 0.6 is 7.92 Å². The second-order valence-corrected chi connectivity index (χ2v) is 8.68. The molecule has 1 aromatic carbocycles. The van der Waals surface area contributed by atoms with Gasteiger partial charge in [-0.2, -0.15) is 0 Å². The van der Waals surface area contributed by atoms with Crippen LogP contribution in [0.1, 0.15) is 31.9 Å². The molecule has 0 N–H and O–H groups in total. The quantitative estimate of drug-likeness (QED) is 0.588. The van der Waals surface area contributed by atoms with Gasteiger partial charge in [-0.3, -0.25) is 4.98 Å². The molecule has 4 atom stereocenters. The number of hydrogen-bond donors (Lipinski definition) is 0. The molecule has 1 aromatic heterocycles. The van der Waals surface area contributed by atoms with Gasteiger partial charge in [-0.1, -0.05) is 55.5 Å². The lowest BCUT2D eigenvalue weighted by Crippen LogP contribution is -2.17. The summed E-state index contributed by atoms with van der Waals surface area (Å²) in [6, 6.07) is 17.5. The lowest BCUT2D eigenvalue weighted by Gasteiger charge is -2.24. The Kier molecular flexibility index (Phi) is 3.19. The van der Waals surface area contributed by atoms with Crippen LogP contribution in [0.5, 0.6) is 0 Å². The molecule has 1 unspecified atom stereocenters. The number of fused-ring (bicyclic) bond motifs is 2. The van der Waals surface area contributed by atoms with Crippen LogP contribution in [-0.4, -0.2) is 16.3 Å². The van der Waals surface area contributed by atoms with Gasteiger partial charge in [0.15, 0.2) is 0 Å². The predicted octanol–water partition coefficient (Wildman–Crippen LogP) is 4.46. The van der Waals surface area contributed by atoms with E-state index in [-0.39, 0.29) is 7.92 Å². The van der Waals surface area contributed by atoms with Crippen molar-refractivity contribution in [3.63, 3.8) is 0 Å². The minimum atomic E-state index is -0.107. The summed E-state index contributed by atoms with van der Waals surface area (Å²) in [5.74, 6) is 0.617. The summed E-state index contributed by atoms with van der Waals surface area (Å²) in [5.41, 5.74) is 6.04. The SMILES string of the molecule is CC1=C(C)[C@@H]2[C@@H](c3ccccn3)C[C@H]1P2c1ccccc1. The smallest absolute Gasteiger partial charge is 0.0444 e. The van der Waals surface area contributed by atoms with Gasteiger partial charge >= 0.3 is 0 Å². The minimum absolute atomic E-state index is 0.107. The lowest BCUT2D eigenvalue weighted by molar-refractivity contribution is 0.622. The maximum absolute atomic E-state index is 4.65. The zero-order valence-electron chi connectivity index (χ0n) is 12.5. The summed E-state index contributed by atoms with van der Waals surface area (Å²) in [7, 11) is -0.107. The molecule has 1 fully saturated rings. The van der Waals surface area contributed by atoms with E-state index in [1.807, 2.05) is 12.3 Å². The Labute approximate surface area is 127 Å². The molecule has 0 saturated carbocycles. The van der Waals surface area contributed by atoms with Crippen LogP contribution in [-0.2, 0) is 0 Å². The molecule has 3 heterocycles. The van der Waals surface area contributed by atoms with Crippen LogP contribution in [0.15, 0.2) is 65.9 Å². The maximum atomic E-state index is 4.65. The summed E-state index contributed by atoms with van der Waals surface area (Å²) < 4.78 is 0. The van der Waals surface area contributed by atoms with Gasteiger partial charge in [-0.05, 0) is 37.7 Å². The first-order valence-electron chi connectivity index (χ1n) is 7.69. The van der Waals surface area contributed by atoms with E-state index >= 15 is 0 Å². The molecule has 0 amide bonds. The highest BCUT2D eigenvalue weighted by molar-refractivity contribution is 7.68. The molecule has 2 aromatic rings. The molecule has 0 aliphatic carbocycles. The fraction of sp³-hybridized carbons (Fsp3) is 0.316. The fourth-order valence-electron chi connectivity index (χ4n) is 4.08. The first kappa shape index (κ1) is 13.2. The van der Waals surface area contributed by atoms with Gasteiger partial charge in [0.05, 0.1) is 0 Å². The van der Waals surface area contributed by atoms with Gasteiger partial charge in [0.2, 0.25) is 0 Å². The summed E-state index contributed by atoms with van der Waals surface area (Å²) in [4.78, 5) is 4.65. The molecule has 0 spiro atoms. The third-order valence-corrected chi connectivity index (χ3v) is 8.69. The Bertz CT molecular complexity index is 677. The third kappa shape index (κ3) is 1.99. The number of benzene rings is 1. The van der Waals surface area contributed by atoms with E-state index < -0.39 is 0 Å². The monoisotopic (exact) mass is 293 g/mol. The largest absolute Gasteiger partial charge is 0.261 e. The number of aromatic nitrogens is 1. The van der Waals surface area contributed by atoms with Crippen molar-refractivity contribution >= 4 is 13.2 Å². The average molecular weight is 293 g/mol. The van der Waals surface area contributed by atoms with Crippen molar-refractivity contribution < 1.29 is 0 Å². The normalized spacial score (nSPS) is 31.0. The van der Waals surface area contributed by atoms with Crippen molar-refractivity contribution in [2.75, 3.05) is 0 Å². The van der Waals surface area contributed by atoms with Crippen LogP contribution in [0.4, 0.5) is 0 Å². The number of pyridine rings is 1. The standard InChI is InChI=1S/C19H20NP/c1-13-14(2)19-16(17-10-6-7-11-20-17)12-18(13)21(19)15-8-4-3-5-9-15/h3-11,16,18-19H,12H2,1-2H3/t16-,18-,19-,21?/m1/s1. The average Bonchev–Trinajstić information content (AvgIpc) is 3.04. The molecule has 4 rings (SSSR count). The van der Waals surface area contributed by atoms with Gasteiger partial charge in [0.25, 0.3) is 0 Å². The Morgan fingerprint density at radius 3 is 2.43 bits per heavy atom. The van der Waals surface area contributed by atoms with Crippen molar-refractivity contribution in [1.29, 1.82) is 0 Å². The number of hydrogen-bond acceptors (Lipinski definition) is 1. The van der Waals surface area contributed by atoms with Crippen LogP contribution in [0.3, 0.4) is 0 Å². The Balaban J connectivity index is 1.77.